The van der Waals surface area contributed by atoms with E-state index in [4.69, 9.17) is 0 Å². The van der Waals surface area contributed by atoms with Crippen molar-refractivity contribution < 1.29 is 9.90 Å². The van der Waals surface area contributed by atoms with E-state index in [2.05, 4.69) is 18.2 Å². The smallest absolute Gasteiger partial charge is 0.230 e. The van der Waals surface area contributed by atoms with Crippen LogP contribution >= 0.6 is 0 Å². The molecule has 0 aliphatic heterocycles. The Bertz CT molecular complexity index is 494. The van der Waals surface area contributed by atoms with Crippen LogP contribution in [0.25, 0.3) is 0 Å². The predicted octanol–water partition coefficient (Wildman–Crippen LogP) is 2.87. The summed E-state index contributed by atoms with van der Waals surface area (Å²) in [6, 6.07) is 8.72. The van der Waals surface area contributed by atoms with E-state index in [1.165, 1.54) is 24.0 Å². The molecule has 2 aliphatic rings. The van der Waals surface area contributed by atoms with Gasteiger partial charge in [-0.2, -0.15) is 0 Å². The molecule has 0 bridgehead atoms. The lowest BCUT2D eigenvalue weighted by molar-refractivity contribution is -0.136. The number of aryl methyl sites for hydroxylation is 1. The predicted molar refractivity (Wildman–Crippen MR) is 83.2 cm³/mol. The summed E-state index contributed by atoms with van der Waals surface area (Å²) in [5.74, 6) is 0.241. The normalized spacial score (nSPS) is 22.0. The fourth-order valence-corrected chi connectivity index (χ4v) is 4.01. The number of carbonyl (C=O) groups is 1. The van der Waals surface area contributed by atoms with Gasteiger partial charge in [0.05, 0.1) is 12.5 Å². The van der Waals surface area contributed by atoms with Crippen molar-refractivity contribution in [1.82, 2.24) is 4.90 Å². The molecule has 1 aromatic carbocycles. The molecule has 3 rings (SSSR count). The molecule has 0 radical (unpaired) electrons. The fraction of sp³-hybridized carbons (Fsp3) is 0.611. The van der Waals surface area contributed by atoms with Crippen molar-refractivity contribution in [1.29, 1.82) is 0 Å². The van der Waals surface area contributed by atoms with E-state index in [0.29, 0.717) is 12.6 Å². The first-order chi connectivity index (χ1) is 10.3. The number of aliphatic hydroxyl groups excluding tert-OH is 1. The Labute approximate surface area is 127 Å². The summed E-state index contributed by atoms with van der Waals surface area (Å²) < 4.78 is 0. The molecule has 3 nitrogen and oxygen atoms in total. The van der Waals surface area contributed by atoms with Gasteiger partial charge in [-0.15, -0.1) is 0 Å². The highest BCUT2D eigenvalue weighted by molar-refractivity contribution is 5.84. The number of benzene rings is 1. The van der Waals surface area contributed by atoms with Gasteiger partial charge in [0.1, 0.15) is 0 Å². The van der Waals surface area contributed by atoms with Crippen molar-refractivity contribution in [2.75, 3.05) is 13.2 Å². The largest absolute Gasteiger partial charge is 0.395 e. The zero-order valence-corrected chi connectivity index (χ0v) is 12.6. The first-order valence-electron chi connectivity index (χ1n) is 8.30. The van der Waals surface area contributed by atoms with E-state index >= 15 is 0 Å². The highest BCUT2D eigenvalue weighted by Gasteiger charge is 2.33. The second-order valence-electron chi connectivity index (χ2n) is 6.34. The Morgan fingerprint density at radius 1 is 1.14 bits per heavy atom. The van der Waals surface area contributed by atoms with E-state index in [9.17, 15) is 9.90 Å². The molecule has 1 amide bonds. The Morgan fingerprint density at radius 2 is 1.90 bits per heavy atom. The molecule has 0 aromatic heterocycles. The molecular weight excluding hydrogens is 262 g/mol. The molecule has 1 atom stereocenters. The van der Waals surface area contributed by atoms with Crippen LogP contribution in [-0.2, 0) is 11.2 Å². The molecule has 0 heterocycles. The second kappa shape index (κ2) is 6.61. The highest BCUT2D eigenvalue weighted by Crippen LogP contribution is 2.34. The molecule has 1 fully saturated rings. The molecule has 21 heavy (non-hydrogen) atoms. The van der Waals surface area contributed by atoms with Crippen LogP contribution < -0.4 is 0 Å². The van der Waals surface area contributed by atoms with Crippen molar-refractivity contribution in [3.63, 3.8) is 0 Å². The first kappa shape index (κ1) is 14.6. The zero-order valence-electron chi connectivity index (χ0n) is 12.6. The lowest BCUT2D eigenvalue weighted by Crippen LogP contribution is -2.44. The number of hydrogen-bond donors (Lipinski definition) is 1. The van der Waals surface area contributed by atoms with E-state index in [1.54, 1.807) is 0 Å². The number of rotatable bonds is 4. The highest BCUT2D eigenvalue weighted by atomic mass is 16.3. The number of amides is 1. The standard InChI is InChI=1S/C18H25NO2/c20-13-12-19(15-8-2-3-9-15)18(21)17-11-5-7-14-6-1-4-10-16(14)17/h1,4,6,10,15,17,20H,2-3,5,7-9,11-13H2. The molecule has 1 unspecified atom stereocenters. The summed E-state index contributed by atoms with van der Waals surface area (Å²) >= 11 is 0. The van der Waals surface area contributed by atoms with Gasteiger partial charge < -0.3 is 10.0 Å². The van der Waals surface area contributed by atoms with E-state index < -0.39 is 0 Å². The van der Waals surface area contributed by atoms with Gasteiger partial charge in [-0.1, -0.05) is 37.1 Å². The maximum Gasteiger partial charge on any atom is 0.230 e. The molecule has 1 N–H and O–H groups in total. The number of nitrogens with zero attached hydrogens (tertiary/aromatic N) is 1. The maximum absolute atomic E-state index is 13.1. The van der Waals surface area contributed by atoms with Gasteiger partial charge in [-0.25, -0.2) is 0 Å². The molecular formula is C18H25NO2. The summed E-state index contributed by atoms with van der Waals surface area (Å²) in [6.45, 7) is 0.554. The average molecular weight is 287 g/mol. The Morgan fingerprint density at radius 3 is 2.67 bits per heavy atom. The number of fused-ring (bicyclic) bond motifs is 1. The first-order valence-corrected chi connectivity index (χ1v) is 8.30. The molecule has 3 heteroatoms. The average Bonchev–Trinajstić information content (AvgIpc) is 3.05. The van der Waals surface area contributed by atoms with Crippen molar-refractivity contribution in [3.05, 3.63) is 35.4 Å². The summed E-state index contributed by atoms with van der Waals surface area (Å²) in [5.41, 5.74) is 2.55. The van der Waals surface area contributed by atoms with Gasteiger partial charge in [0, 0.05) is 12.6 Å². The van der Waals surface area contributed by atoms with Crippen LogP contribution in [0.4, 0.5) is 0 Å². The summed E-state index contributed by atoms with van der Waals surface area (Å²) in [7, 11) is 0. The Hall–Kier alpha value is -1.35. The third-order valence-corrected chi connectivity index (χ3v) is 5.06. The number of hydrogen-bond acceptors (Lipinski definition) is 2. The van der Waals surface area contributed by atoms with Crippen molar-refractivity contribution in [3.8, 4) is 0 Å². The van der Waals surface area contributed by atoms with Crippen molar-refractivity contribution in [2.45, 2.75) is 56.9 Å². The van der Waals surface area contributed by atoms with Crippen molar-refractivity contribution >= 4 is 5.91 Å². The summed E-state index contributed by atoms with van der Waals surface area (Å²) in [6.07, 6.45) is 7.74. The molecule has 1 saturated carbocycles. The minimum atomic E-state index is 0.00194. The summed E-state index contributed by atoms with van der Waals surface area (Å²) in [5, 5.41) is 9.35. The quantitative estimate of drug-likeness (QED) is 0.925. The van der Waals surface area contributed by atoms with Gasteiger partial charge in [0.2, 0.25) is 5.91 Å². The monoisotopic (exact) mass is 287 g/mol. The van der Waals surface area contributed by atoms with Crippen LogP contribution in [0.15, 0.2) is 24.3 Å². The Kier molecular flexibility index (Phi) is 4.59. The van der Waals surface area contributed by atoms with Crippen molar-refractivity contribution in [2.24, 2.45) is 0 Å². The second-order valence-corrected chi connectivity index (χ2v) is 6.34. The van der Waals surface area contributed by atoms with Crippen LogP contribution in [0.1, 0.15) is 55.6 Å². The minimum Gasteiger partial charge on any atom is -0.395 e. The van der Waals surface area contributed by atoms with E-state index in [1.807, 2.05) is 11.0 Å². The van der Waals surface area contributed by atoms with Gasteiger partial charge in [0.25, 0.3) is 0 Å². The van der Waals surface area contributed by atoms with E-state index in [0.717, 1.165) is 32.1 Å². The lowest BCUT2D eigenvalue weighted by atomic mass is 9.82. The maximum atomic E-state index is 13.1. The number of carbonyl (C=O) groups excluding carboxylic acids is 1. The topological polar surface area (TPSA) is 40.5 Å². The van der Waals surface area contributed by atoms with Crippen LogP contribution in [0, 0.1) is 0 Å². The molecule has 114 valence electrons. The van der Waals surface area contributed by atoms with Crippen LogP contribution in [0.3, 0.4) is 0 Å². The van der Waals surface area contributed by atoms with Crippen LogP contribution in [0.2, 0.25) is 0 Å². The van der Waals surface area contributed by atoms with E-state index in [-0.39, 0.29) is 18.4 Å². The van der Waals surface area contributed by atoms with Gasteiger partial charge in [0.15, 0.2) is 0 Å². The lowest BCUT2D eigenvalue weighted by Gasteiger charge is -2.34. The third-order valence-electron chi connectivity index (χ3n) is 5.06. The molecule has 2 aliphatic carbocycles. The minimum absolute atomic E-state index is 0.00194. The zero-order chi connectivity index (χ0) is 14.7. The number of aliphatic hydroxyl groups is 1. The molecule has 1 aromatic rings. The fourth-order valence-electron chi connectivity index (χ4n) is 4.01. The third kappa shape index (κ3) is 2.98. The Balaban J connectivity index is 1.83. The SMILES string of the molecule is O=C(C1CCCc2ccccc21)N(CCO)C1CCCC1. The molecule has 0 spiro atoms. The van der Waals surface area contributed by atoms with Crippen LogP contribution in [-0.4, -0.2) is 35.1 Å². The summed E-state index contributed by atoms with van der Waals surface area (Å²) in [4.78, 5) is 15.0. The van der Waals surface area contributed by atoms with Gasteiger partial charge in [-0.3, -0.25) is 4.79 Å². The molecule has 0 saturated heterocycles. The van der Waals surface area contributed by atoms with Gasteiger partial charge in [-0.05, 0) is 43.2 Å². The van der Waals surface area contributed by atoms with Gasteiger partial charge >= 0.3 is 0 Å². The van der Waals surface area contributed by atoms with Crippen LogP contribution in [0.5, 0.6) is 0 Å².